The van der Waals surface area contributed by atoms with Gasteiger partial charge in [0.25, 0.3) is 0 Å². The SMILES string of the molecule is CCNC(=NCc1ccc(S(C)(=O)=O)c(C)c1)NCc1ccc(NC(=O)C(C)C)cc1.I. The summed E-state index contributed by atoms with van der Waals surface area (Å²) in [5.41, 5.74) is 3.49. The Morgan fingerprint density at radius 3 is 2.19 bits per heavy atom. The molecule has 0 bridgehead atoms. The van der Waals surface area contributed by atoms with E-state index in [1.165, 1.54) is 6.26 Å². The second kappa shape index (κ2) is 12.8. The number of carbonyl (C=O) groups excluding carboxylic acids is 1. The molecule has 7 nitrogen and oxygen atoms in total. The number of amides is 1. The summed E-state index contributed by atoms with van der Waals surface area (Å²) < 4.78 is 23.5. The van der Waals surface area contributed by atoms with Crippen molar-refractivity contribution in [1.82, 2.24) is 10.6 Å². The second-order valence-corrected chi connectivity index (χ2v) is 9.75. The van der Waals surface area contributed by atoms with E-state index in [0.717, 1.165) is 28.9 Å². The van der Waals surface area contributed by atoms with Crippen molar-refractivity contribution in [1.29, 1.82) is 0 Å². The smallest absolute Gasteiger partial charge is 0.226 e. The Hall–Kier alpha value is -2.14. The summed E-state index contributed by atoms with van der Waals surface area (Å²) >= 11 is 0. The van der Waals surface area contributed by atoms with Gasteiger partial charge in [-0.05, 0) is 48.7 Å². The van der Waals surface area contributed by atoms with E-state index in [1.54, 1.807) is 19.1 Å². The van der Waals surface area contributed by atoms with Gasteiger partial charge in [0, 0.05) is 31.0 Å². The molecule has 32 heavy (non-hydrogen) atoms. The van der Waals surface area contributed by atoms with Crippen LogP contribution < -0.4 is 16.0 Å². The minimum absolute atomic E-state index is 0. The van der Waals surface area contributed by atoms with Gasteiger partial charge in [-0.3, -0.25) is 4.79 Å². The van der Waals surface area contributed by atoms with Gasteiger partial charge < -0.3 is 16.0 Å². The molecule has 0 aliphatic carbocycles. The van der Waals surface area contributed by atoms with Gasteiger partial charge in [-0.1, -0.05) is 38.1 Å². The van der Waals surface area contributed by atoms with E-state index >= 15 is 0 Å². The third-order valence-corrected chi connectivity index (χ3v) is 5.87. The van der Waals surface area contributed by atoms with Gasteiger partial charge in [0.1, 0.15) is 0 Å². The Morgan fingerprint density at radius 1 is 1.03 bits per heavy atom. The van der Waals surface area contributed by atoms with Gasteiger partial charge in [0.15, 0.2) is 15.8 Å². The highest BCUT2D eigenvalue weighted by Crippen LogP contribution is 2.17. The maximum Gasteiger partial charge on any atom is 0.226 e. The molecule has 2 rings (SSSR count). The number of sulfone groups is 1. The largest absolute Gasteiger partial charge is 0.357 e. The lowest BCUT2D eigenvalue weighted by Gasteiger charge is -2.13. The van der Waals surface area contributed by atoms with Crippen LogP contribution in [-0.4, -0.2) is 33.1 Å². The molecule has 0 saturated carbocycles. The fraction of sp³-hybridized carbons (Fsp3) is 0.391. The molecule has 2 aromatic rings. The third kappa shape index (κ3) is 8.78. The maximum atomic E-state index is 11.8. The van der Waals surface area contributed by atoms with Crippen molar-refractivity contribution in [2.24, 2.45) is 10.9 Å². The fourth-order valence-electron chi connectivity index (χ4n) is 2.92. The first kappa shape index (κ1) is 27.9. The number of rotatable bonds is 8. The van der Waals surface area contributed by atoms with Crippen molar-refractivity contribution < 1.29 is 13.2 Å². The van der Waals surface area contributed by atoms with Crippen LogP contribution in [0.15, 0.2) is 52.4 Å². The number of nitrogens with one attached hydrogen (secondary N) is 3. The van der Waals surface area contributed by atoms with Gasteiger partial charge in [-0.25, -0.2) is 13.4 Å². The highest BCUT2D eigenvalue weighted by Gasteiger charge is 2.11. The van der Waals surface area contributed by atoms with Crippen molar-refractivity contribution in [2.45, 2.75) is 45.7 Å². The fourth-order valence-corrected chi connectivity index (χ4v) is 3.88. The predicted molar refractivity (Wildman–Crippen MR) is 141 cm³/mol. The van der Waals surface area contributed by atoms with Crippen LogP contribution in [0.2, 0.25) is 0 Å². The highest BCUT2D eigenvalue weighted by molar-refractivity contribution is 14.0. The molecule has 0 heterocycles. The van der Waals surface area contributed by atoms with E-state index in [0.29, 0.717) is 23.9 Å². The van der Waals surface area contributed by atoms with E-state index in [4.69, 9.17) is 0 Å². The number of aryl methyl sites for hydroxylation is 1. The Bertz CT molecular complexity index is 1040. The Labute approximate surface area is 208 Å². The van der Waals surface area contributed by atoms with Gasteiger partial charge in [0.2, 0.25) is 5.91 Å². The maximum absolute atomic E-state index is 11.8. The zero-order valence-electron chi connectivity index (χ0n) is 19.2. The van der Waals surface area contributed by atoms with Gasteiger partial charge in [0.05, 0.1) is 11.4 Å². The number of aliphatic imine (C=N–C) groups is 1. The first-order chi connectivity index (χ1) is 14.6. The quantitative estimate of drug-likeness (QED) is 0.254. The minimum atomic E-state index is -3.23. The second-order valence-electron chi connectivity index (χ2n) is 7.76. The minimum Gasteiger partial charge on any atom is -0.357 e. The monoisotopic (exact) mass is 572 g/mol. The molecule has 3 N–H and O–H groups in total. The number of benzene rings is 2. The van der Waals surface area contributed by atoms with Crippen LogP contribution >= 0.6 is 24.0 Å². The van der Waals surface area contributed by atoms with Crippen LogP contribution in [0, 0.1) is 12.8 Å². The topological polar surface area (TPSA) is 99.7 Å². The first-order valence-corrected chi connectivity index (χ1v) is 12.2. The lowest BCUT2D eigenvalue weighted by molar-refractivity contribution is -0.118. The molecule has 9 heteroatoms. The number of hydrogen-bond acceptors (Lipinski definition) is 4. The normalized spacial score (nSPS) is 11.6. The molecule has 1 amide bonds. The van der Waals surface area contributed by atoms with Crippen molar-refractivity contribution in [3.8, 4) is 0 Å². The number of hydrogen-bond donors (Lipinski definition) is 3. The van der Waals surface area contributed by atoms with Crippen LogP contribution in [0.3, 0.4) is 0 Å². The molecule has 0 saturated heterocycles. The Morgan fingerprint density at radius 2 is 1.66 bits per heavy atom. The van der Waals surface area contributed by atoms with Gasteiger partial charge >= 0.3 is 0 Å². The summed E-state index contributed by atoms with van der Waals surface area (Å²) in [6, 6.07) is 13.0. The van der Waals surface area contributed by atoms with Crippen LogP contribution in [0.25, 0.3) is 0 Å². The molecule has 0 unspecified atom stereocenters. The van der Waals surface area contributed by atoms with E-state index in [9.17, 15) is 13.2 Å². The van der Waals surface area contributed by atoms with E-state index in [-0.39, 0.29) is 35.8 Å². The number of anilines is 1. The van der Waals surface area contributed by atoms with Crippen molar-refractivity contribution in [3.63, 3.8) is 0 Å². The standard InChI is InChI=1S/C23H32N4O3S.HI/c1-6-24-23(26-15-19-9-12-21(17(4)13-19)31(5,29)30)25-14-18-7-10-20(11-8-18)27-22(28)16(2)3;/h7-13,16H,6,14-15H2,1-5H3,(H,27,28)(H2,24,25,26);1H. The lowest BCUT2D eigenvalue weighted by Crippen LogP contribution is -2.36. The van der Waals surface area contributed by atoms with E-state index in [2.05, 4.69) is 20.9 Å². The van der Waals surface area contributed by atoms with Crippen molar-refractivity contribution >= 4 is 51.4 Å². The molecule has 0 aromatic heterocycles. The zero-order chi connectivity index (χ0) is 23.0. The lowest BCUT2D eigenvalue weighted by atomic mass is 10.1. The average molecular weight is 573 g/mol. The molecule has 2 aromatic carbocycles. The summed E-state index contributed by atoms with van der Waals surface area (Å²) in [6.45, 7) is 9.23. The molecule has 176 valence electrons. The van der Waals surface area contributed by atoms with Crippen molar-refractivity contribution in [3.05, 3.63) is 59.2 Å². The van der Waals surface area contributed by atoms with E-state index in [1.807, 2.05) is 51.1 Å². The number of nitrogens with zero attached hydrogens (tertiary/aromatic N) is 1. The Kier molecular flexibility index (Phi) is 11.1. The highest BCUT2D eigenvalue weighted by atomic mass is 127. The molecule has 0 aliphatic rings. The summed E-state index contributed by atoms with van der Waals surface area (Å²) in [6.07, 6.45) is 1.21. The van der Waals surface area contributed by atoms with Crippen LogP contribution in [-0.2, 0) is 27.7 Å². The molecular weight excluding hydrogens is 539 g/mol. The molecular formula is C23H33IN4O3S. The summed E-state index contributed by atoms with van der Waals surface area (Å²) in [5.74, 6) is 0.600. The predicted octanol–water partition coefficient (Wildman–Crippen LogP) is 3.87. The summed E-state index contributed by atoms with van der Waals surface area (Å²) in [5, 5.41) is 9.38. The number of carbonyl (C=O) groups is 1. The van der Waals surface area contributed by atoms with Crippen LogP contribution in [0.1, 0.15) is 37.5 Å². The molecule has 0 radical (unpaired) electrons. The molecule has 0 fully saturated rings. The zero-order valence-corrected chi connectivity index (χ0v) is 22.4. The van der Waals surface area contributed by atoms with Crippen LogP contribution in [0.5, 0.6) is 0 Å². The summed E-state index contributed by atoms with van der Waals surface area (Å²) in [4.78, 5) is 16.7. The molecule has 0 atom stereocenters. The van der Waals surface area contributed by atoms with Gasteiger partial charge in [-0.15, -0.1) is 24.0 Å². The average Bonchev–Trinajstić information content (AvgIpc) is 2.70. The van der Waals surface area contributed by atoms with Gasteiger partial charge in [-0.2, -0.15) is 0 Å². The van der Waals surface area contributed by atoms with Crippen LogP contribution in [0.4, 0.5) is 5.69 Å². The Balaban J connectivity index is 0.00000512. The van der Waals surface area contributed by atoms with Crippen molar-refractivity contribution in [2.75, 3.05) is 18.1 Å². The molecule has 0 spiro atoms. The molecule has 0 aliphatic heterocycles. The number of guanidine groups is 1. The third-order valence-electron chi connectivity index (χ3n) is 4.61. The summed E-state index contributed by atoms with van der Waals surface area (Å²) in [7, 11) is -3.23. The van der Waals surface area contributed by atoms with E-state index < -0.39 is 9.84 Å². The number of halogens is 1. The first-order valence-electron chi connectivity index (χ1n) is 10.3.